The van der Waals surface area contributed by atoms with Gasteiger partial charge in [0.2, 0.25) is 11.8 Å². The van der Waals surface area contributed by atoms with Crippen LogP contribution in [-0.4, -0.2) is 21.7 Å². The summed E-state index contributed by atoms with van der Waals surface area (Å²) >= 11 is 0. The van der Waals surface area contributed by atoms with Gasteiger partial charge in [-0.15, -0.1) is 0 Å². The van der Waals surface area contributed by atoms with Crippen molar-refractivity contribution in [2.75, 3.05) is 0 Å². The van der Waals surface area contributed by atoms with Gasteiger partial charge in [-0.1, -0.05) is 36.4 Å². The number of hydrogen-bond donors (Lipinski definition) is 0. The third-order valence-electron chi connectivity index (χ3n) is 4.10. The molecule has 2 unspecified atom stereocenters. The number of likely N-dealkylation sites (tertiary alicyclic amines) is 1. The number of carbonyl (C=O) groups excluding carboxylic acids is 2. The van der Waals surface area contributed by atoms with Crippen molar-refractivity contribution in [3.05, 3.63) is 66.0 Å². The van der Waals surface area contributed by atoms with Crippen LogP contribution in [0.1, 0.15) is 30.6 Å². The first-order valence-electron chi connectivity index (χ1n) is 7.47. The fourth-order valence-corrected chi connectivity index (χ4v) is 2.94. The second-order valence-corrected chi connectivity index (χ2v) is 5.62. The molecule has 0 N–H and O–H groups in total. The molecule has 1 aromatic carbocycles. The first-order valence-corrected chi connectivity index (χ1v) is 7.47. The molecule has 1 saturated heterocycles. The van der Waals surface area contributed by atoms with Crippen molar-refractivity contribution < 1.29 is 9.59 Å². The Kier molecular flexibility index (Phi) is 4.00. The van der Waals surface area contributed by atoms with Crippen LogP contribution < -0.4 is 0 Å². The molecule has 0 radical (unpaired) electrons. The van der Waals surface area contributed by atoms with Gasteiger partial charge in [-0.25, -0.2) is 0 Å². The van der Waals surface area contributed by atoms with Crippen LogP contribution in [0, 0.1) is 5.92 Å². The van der Waals surface area contributed by atoms with Crippen molar-refractivity contribution in [1.82, 2.24) is 9.88 Å². The normalized spacial score (nSPS) is 19.5. The van der Waals surface area contributed by atoms with Gasteiger partial charge in [-0.2, -0.15) is 0 Å². The molecule has 112 valence electrons. The largest absolute Gasteiger partial charge is 0.274 e. The van der Waals surface area contributed by atoms with Crippen molar-refractivity contribution in [3.8, 4) is 0 Å². The number of hydrogen-bond acceptors (Lipinski definition) is 3. The summed E-state index contributed by atoms with van der Waals surface area (Å²) in [7, 11) is 0. The van der Waals surface area contributed by atoms with Crippen LogP contribution in [0.4, 0.5) is 0 Å². The van der Waals surface area contributed by atoms with E-state index < -0.39 is 0 Å². The van der Waals surface area contributed by atoms with E-state index >= 15 is 0 Å². The second-order valence-electron chi connectivity index (χ2n) is 5.62. The number of pyridine rings is 1. The van der Waals surface area contributed by atoms with E-state index in [-0.39, 0.29) is 30.2 Å². The van der Waals surface area contributed by atoms with Crippen molar-refractivity contribution in [1.29, 1.82) is 0 Å². The third kappa shape index (κ3) is 2.77. The summed E-state index contributed by atoms with van der Waals surface area (Å²) in [6.45, 7) is 1.85. The zero-order chi connectivity index (χ0) is 15.5. The second kappa shape index (κ2) is 6.10. The van der Waals surface area contributed by atoms with Crippen LogP contribution >= 0.6 is 0 Å². The smallest absolute Gasteiger partial charge is 0.233 e. The van der Waals surface area contributed by atoms with Gasteiger partial charge >= 0.3 is 0 Å². The van der Waals surface area contributed by atoms with E-state index in [1.54, 1.807) is 6.20 Å². The van der Waals surface area contributed by atoms with Gasteiger partial charge < -0.3 is 0 Å². The molecule has 1 aliphatic rings. The van der Waals surface area contributed by atoms with E-state index in [1.165, 1.54) is 4.90 Å². The lowest BCUT2D eigenvalue weighted by atomic mass is 9.98. The molecule has 0 bridgehead atoms. The lowest BCUT2D eigenvalue weighted by Crippen LogP contribution is -2.34. The van der Waals surface area contributed by atoms with Crippen LogP contribution in [-0.2, 0) is 16.0 Å². The SMILES string of the molecule is CC(c1ccccn1)N1C(=O)CC(Cc2ccccc2)C1=O. The quantitative estimate of drug-likeness (QED) is 0.815. The van der Waals surface area contributed by atoms with Crippen molar-refractivity contribution in [3.63, 3.8) is 0 Å². The Morgan fingerprint density at radius 2 is 1.86 bits per heavy atom. The van der Waals surface area contributed by atoms with Crippen molar-refractivity contribution in [2.24, 2.45) is 5.92 Å². The molecule has 1 aromatic heterocycles. The molecule has 4 nitrogen and oxygen atoms in total. The summed E-state index contributed by atoms with van der Waals surface area (Å²) in [5.74, 6) is -0.461. The van der Waals surface area contributed by atoms with Crippen LogP contribution in [0.2, 0.25) is 0 Å². The van der Waals surface area contributed by atoms with Gasteiger partial charge in [0.1, 0.15) is 0 Å². The number of nitrogens with zero attached hydrogens (tertiary/aromatic N) is 2. The molecule has 3 rings (SSSR count). The monoisotopic (exact) mass is 294 g/mol. The first-order chi connectivity index (χ1) is 10.7. The van der Waals surface area contributed by atoms with Crippen molar-refractivity contribution >= 4 is 11.8 Å². The minimum absolute atomic E-state index is 0.0907. The van der Waals surface area contributed by atoms with E-state index in [0.717, 1.165) is 11.3 Å². The highest BCUT2D eigenvalue weighted by molar-refractivity contribution is 6.04. The summed E-state index contributed by atoms with van der Waals surface area (Å²) < 4.78 is 0. The molecular formula is C18H18N2O2. The zero-order valence-electron chi connectivity index (χ0n) is 12.5. The number of rotatable bonds is 4. The molecule has 22 heavy (non-hydrogen) atoms. The average Bonchev–Trinajstić information content (AvgIpc) is 2.82. The van der Waals surface area contributed by atoms with Gasteiger partial charge in [0.05, 0.1) is 17.7 Å². The maximum absolute atomic E-state index is 12.6. The third-order valence-corrected chi connectivity index (χ3v) is 4.10. The van der Waals surface area contributed by atoms with Crippen LogP contribution in [0.5, 0.6) is 0 Å². The fourth-order valence-electron chi connectivity index (χ4n) is 2.94. The van der Waals surface area contributed by atoms with Crippen LogP contribution in [0.15, 0.2) is 54.7 Å². The van der Waals surface area contributed by atoms with E-state index in [9.17, 15) is 9.59 Å². The Bertz CT molecular complexity index is 670. The van der Waals surface area contributed by atoms with E-state index in [1.807, 2.05) is 55.5 Å². The van der Waals surface area contributed by atoms with Gasteiger partial charge in [0, 0.05) is 12.6 Å². The Hall–Kier alpha value is -2.49. The minimum Gasteiger partial charge on any atom is -0.274 e. The highest BCUT2D eigenvalue weighted by Crippen LogP contribution is 2.30. The standard InChI is InChI=1S/C18H18N2O2/c1-13(16-9-5-6-10-19-16)20-17(21)12-15(18(20)22)11-14-7-3-2-4-8-14/h2-10,13,15H,11-12H2,1H3. The average molecular weight is 294 g/mol. The zero-order valence-corrected chi connectivity index (χ0v) is 12.5. The fraction of sp³-hybridized carbons (Fsp3) is 0.278. The number of imide groups is 1. The van der Waals surface area contributed by atoms with Crippen LogP contribution in [0.25, 0.3) is 0 Å². The summed E-state index contributed by atoms with van der Waals surface area (Å²) in [5, 5.41) is 0. The molecule has 2 amide bonds. The van der Waals surface area contributed by atoms with Gasteiger partial charge in [-0.3, -0.25) is 19.5 Å². The van der Waals surface area contributed by atoms with Gasteiger partial charge in [-0.05, 0) is 31.0 Å². The summed E-state index contributed by atoms with van der Waals surface area (Å²) in [5.41, 5.74) is 1.82. The summed E-state index contributed by atoms with van der Waals surface area (Å²) in [6, 6.07) is 15.0. The molecule has 2 atom stereocenters. The number of carbonyl (C=O) groups is 2. The molecule has 4 heteroatoms. The maximum Gasteiger partial charge on any atom is 0.233 e. The molecule has 1 aliphatic heterocycles. The van der Waals surface area contributed by atoms with E-state index in [4.69, 9.17) is 0 Å². The maximum atomic E-state index is 12.6. The minimum atomic E-state index is -0.318. The topological polar surface area (TPSA) is 50.3 Å². The Balaban J connectivity index is 1.77. The first kappa shape index (κ1) is 14.4. The molecule has 0 spiro atoms. The van der Waals surface area contributed by atoms with Crippen molar-refractivity contribution in [2.45, 2.75) is 25.8 Å². The van der Waals surface area contributed by atoms with E-state index in [0.29, 0.717) is 6.42 Å². The Morgan fingerprint density at radius 1 is 1.14 bits per heavy atom. The summed E-state index contributed by atoms with van der Waals surface area (Å²) in [6.07, 6.45) is 2.57. The molecule has 0 saturated carbocycles. The number of benzene rings is 1. The van der Waals surface area contributed by atoms with Gasteiger partial charge in [0.25, 0.3) is 0 Å². The van der Waals surface area contributed by atoms with Crippen LogP contribution in [0.3, 0.4) is 0 Å². The highest BCUT2D eigenvalue weighted by Gasteiger charge is 2.41. The van der Waals surface area contributed by atoms with E-state index in [2.05, 4.69) is 4.98 Å². The predicted octanol–water partition coefficient (Wildman–Crippen LogP) is 2.76. The Morgan fingerprint density at radius 3 is 2.55 bits per heavy atom. The van der Waals surface area contributed by atoms with Gasteiger partial charge in [0.15, 0.2) is 0 Å². The number of aromatic nitrogens is 1. The number of amides is 2. The lowest BCUT2D eigenvalue weighted by Gasteiger charge is -2.22. The predicted molar refractivity (Wildman–Crippen MR) is 82.8 cm³/mol. The molecular weight excluding hydrogens is 276 g/mol. The molecule has 0 aliphatic carbocycles. The molecule has 2 heterocycles. The lowest BCUT2D eigenvalue weighted by molar-refractivity contribution is -0.142. The summed E-state index contributed by atoms with van der Waals surface area (Å²) in [4.78, 5) is 30.5. The molecule has 2 aromatic rings. The highest BCUT2D eigenvalue weighted by atomic mass is 16.2. The Labute approximate surface area is 129 Å². The molecule has 1 fully saturated rings.